The fraction of sp³-hybridized carbons (Fsp3) is 0.875. The molecule has 2 fully saturated rings. The van der Waals surface area contributed by atoms with E-state index in [0.717, 1.165) is 32.5 Å². The number of likely N-dealkylation sites (N-methyl/N-ethyl adjacent to an activating group) is 1. The van der Waals surface area contributed by atoms with Crippen LogP contribution in [0.4, 0.5) is 0 Å². The smallest absolute Gasteiger partial charge is 0.154 e. The van der Waals surface area contributed by atoms with Crippen molar-refractivity contribution in [3.63, 3.8) is 0 Å². The van der Waals surface area contributed by atoms with Gasteiger partial charge >= 0.3 is 0 Å². The summed E-state index contributed by atoms with van der Waals surface area (Å²) in [6.45, 7) is 4.92. The second kappa shape index (κ2) is 1.82. The summed E-state index contributed by atoms with van der Waals surface area (Å²) in [4.78, 5) is 13.5. The number of rotatable bonds is 1. The van der Waals surface area contributed by atoms with Crippen LogP contribution in [-0.2, 0) is 4.79 Å². The Kier molecular flexibility index (Phi) is 1.15. The molecule has 1 heterocycles. The van der Waals surface area contributed by atoms with Crippen LogP contribution in [0.3, 0.4) is 0 Å². The zero-order chi connectivity index (χ0) is 7.19. The van der Waals surface area contributed by atoms with E-state index in [1.807, 2.05) is 0 Å². The van der Waals surface area contributed by atoms with Gasteiger partial charge in [-0.05, 0) is 19.4 Å². The first-order valence-corrected chi connectivity index (χ1v) is 4.02. The Labute approximate surface area is 61.2 Å². The highest BCUT2D eigenvalue weighted by molar-refractivity contribution is 5.91. The van der Waals surface area contributed by atoms with E-state index < -0.39 is 0 Å². The summed E-state index contributed by atoms with van der Waals surface area (Å²) in [5.74, 6) is 0.495. The van der Waals surface area contributed by atoms with Gasteiger partial charge in [-0.25, -0.2) is 0 Å². The zero-order valence-corrected chi connectivity index (χ0v) is 6.39. The van der Waals surface area contributed by atoms with Crippen LogP contribution in [0.25, 0.3) is 0 Å². The zero-order valence-electron chi connectivity index (χ0n) is 6.39. The molecule has 0 aromatic carbocycles. The third-order valence-electron chi connectivity index (χ3n) is 2.79. The van der Waals surface area contributed by atoms with Crippen LogP contribution in [0.5, 0.6) is 0 Å². The lowest BCUT2D eigenvalue weighted by atomic mass is 10.1. The Morgan fingerprint density at radius 3 is 2.60 bits per heavy atom. The van der Waals surface area contributed by atoms with Crippen molar-refractivity contribution in [1.82, 2.24) is 4.90 Å². The van der Waals surface area contributed by atoms with Gasteiger partial charge < -0.3 is 0 Å². The minimum atomic E-state index is 0.163. The minimum Gasteiger partial charge on any atom is -0.298 e. The van der Waals surface area contributed by atoms with Gasteiger partial charge in [-0.1, -0.05) is 6.92 Å². The fourth-order valence-electron chi connectivity index (χ4n) is 1.75. The van der Waals surface area contributed by atoms with Crippen LogP contribution in [0, 0.1) is 5.41 Å². The Morgan fingerprint density at radius 2 is 2.30 bits per heavy atom. The molecule has 0 aromatic heterocycles. The molecule has 0 amide bonds. The quantitative estimate of drug-likeness (QED) is 0.532. The number of nitrogens with zero attached hydrogens (tertiary/aromatic N) is 1. The maximum Gasteiger partial charge on any atom is 0.154 e. The third-order valence-corrected chi connectivity index (χ3v) is 2.79. The van der Waals surface area contributed by atoms with E-state index in [4.69, 9.17) is 0 Å². The van der Waals surface area contributed by atoms with Gasteiger partial charge in [-0.2, -0.15) is 0 Å². The number of hydrogen-bond donors (Lipinski definition) is 0. The van der Waals surface area contributed by atoms with Crippen molar-refractivity contribution >= 4 is 5.78 Å². The van der Waals surface area contributed by atoms with Gasteiger partial charge in [0.2, 0.25) is 0 Å². The first kappa shape index (κ1) is 6.35. The first-order chi connectivity index (χ1) is 4.77. The normalized spacial score (nSPS) is 29.9. The average molecular weight is 139 g/mol. The van der Waals surface area contributed by atoms with Crippen LogP contribution < -0.4 is 0 Å². The largest absolute Gasteiger partial charge is 0.298 e. The van der Waals surface area contributed by atoms with E-state index in [1.54, 1.807) is 0 Å². The van der Waals surface area contributed by atoms with Crippen molar-refractivity contribution in [3.05, 3.63) is 0 Å². The Bertz CT molecular complexity index is 172. The molecule has 1 aliphatic carbocycles. The molecule has 2 nitrogen and oxygen atoms in total. The standard InChI is InChI=1S/C8H13NO/c1-2-9-5-7(10)8(6-9)3-4-8/h2-6H2,1H3. The molecular formula is C8H13NO. The summed E-state index contributed by atoms with van der Waals surface area (Å²) in [5, 5.41) is 0. The molecule has 56 valence electrons. The van der Waals surface area contributed by atoms with Crippen molar-refractivity contribution in [2.75, 3.05) is 19.6 Å². The predicted molar refractivity (Wildman–Crippen MR) is 38.8 cm³/mol. The monoisotopic (exact) mass is 139 g/mol. The van der Waals surface area contributed by atoms with Crippen molar-refractivity contribution < 1.29 is 4.79 Å². The summed E-state index contributed by atoms with van der Waals surface area (Å²) in [5.41, 5.74) is 0.163. The number of likely N-dealkylation sites (tertiary alicyclic amines) is 1. The van der Waals surface area contributed by atoms with E-state index in [0.29, 0.717) is 5.78 Å². The molecule has 1 aliphatic heterocycles. The van der Waals surface area contributed by atoms with Crippen molar-refractivity contribution in [1.29, 1.82) is 0 Å². The summed E-state index contributed by atoms with van der Waals surface area (Å²) >= 11 is 0. The molecule has 0 atom stereocenters. The fourth-order valence-corrected chi connectivity index (χ4v) is 1.75. The minimum absolute atomic E-state index is 0.163. The van der Waals surface area contributed by atoms with Crippen molar-refractivity contribution in [2.24, 2.45) is 5.41 Å². The lowest BCUT2D eigenvalue weighted by Crippen LogP contribution is -2.20. The van der Waals surface area contributed by atoms with E-state index in [9.17, 15) is 4.79 Å². The van der Waals surface area contributed by atoms with Gasteiger partial charge in [-0.15, -0.1) is 0 Å². The highest BCUT2D eigenvalue weighted by Gasteiger charge is 2.54. The number of hydrogen-bond acceptors (Lipinski definition) is 2. The molecule has 1 spiro atoms. The van der Waals surface area contributed by atoms with Gasteiger partial charge in [0.1, 0.15) is 0 Å². The lowest BCUT2D eigenvalue weighted by molar-refractivity contribution is -0.120. The van der Waals surface area contributed by atoms with Crippen molar-refractivity contribution in [3.8, 4) is 0 Å². The van der Waals surface area contributed by atoms with Gasteiger partial charge in [0.25, 0.3) is 0 Å². The molecule has 0 aromatic rings. The molecule has 10 heavy (non-hydrogen) atoms. The van der Waals surface area contributed by atoms with E-state index in [-0.39, 0.29) is 5.41 Å². The summed E-state index contributed by atoms with van der Waals surface area (Å²) in [7, 11) is 0. The highest BCUT2D eigenvalue weighted by Crippen LogP contribution is 2.50. The van der Waals surface area contributed by atoms with Gasteiger partial charge in [-0.3, -0.25) is 9.69 Å². The number of carbonyl (C=O) groups excluding carboxylic acids is 1. The molecule has 0 bridgehead atoms. The van der Waals surface area contributed by atoms with Gasteiger partial charge in [0, 0.05) is 12.0 Å². The molecule has 0 unspecified atom stereocenters. The second-order valence-corrected chi connectivity index (χ2v) is 3.51. The summed E-state index contributed by atoms with van der Waals surface area (Å²) in [6.07, 6.45) is 2.31. The number of ketones is 1. The van der Waals surface area contributed by atoms with Crippen LogP contribution in [-0.4, -0.2) is 30.3 Å². The molecule has 1 saturated heterocycles. The lowest BCUT2D eigenvalue weighted by Gasteiger charge is -2.09. The molecule has 1 saturated carbocycles. The van der Waals surface area contributed by atoms with Gasteiger partial charge in [0.15, 0.2) is 5.78 Å². The molecular weight excluding hydrogens is 126 g/mol. The third kappa shape index (κ3) is 0.717. The number of carbonyl (C=O) groups is 1. The maximum absolute atomic E-state index is 11.3. The first-order valence-electron chi connectivity index (χ1n) is 4.02. The van der Waals surface area contributed by atoms with E-state index in [2.05, 4.69) is 11.8 Å². The Morgan fingerprint density at radius 1 is 1.60 bits per heavy atom. The molecule has 2 rings (SSSR count). The van der Waals surface area contributed by atoms with Crippen molar-refractivity contribution in [2.45, 2.75) is 19.8 Å². The summed E-state index contributed by atoms with van der Waals surface area (Å²) in [6, 6.07) is 0. The SMILES string of the molecule is CCN1CC(=O)C2(CC2)C1. The van der Waals surface area contributed by atoms with E-state index >= 15 is 0 Å². The number of Topliss-reactive ketones (excluding diaryl/α,β-unsaturated/α-hetero) is 1. The Hall–Kier alpha value is -0.370. The predicted octanol–water partition coefficient (Wildman–Crippen LogP) is 0.671. The second-order valence-electron chi connectivity index (χ2n) is 3.51. The molecule has 2 aliphatic rings. The molecule has 0 N–H and O–H groups in total. The maximum atomic E-state index is 11.3. The van der Waals surface area contributed by atoms with Crippen LogP contribution >= 0.6 is 0 Å². The molecule has 2 heteroatoms. The van der Waals surface area contributed by atoms with Crippen LogP contribution in [0.2, 0.25) is 0 Å². The van der Waals surface area contributed by atoms with Crippen LogP contribution in [0.15, 0.2) is 0 Å². The topological polar surface area (TPSA) is 20.3 Å². The summed E-state index contributed by atoms with van der Waals surface area (Å²) < 4.78 is 0. The highest BCUT2D eigenvalue weighted by atomic mass is 16.1. The molecule has 0 radical (unpaired) electrons. The van der Waals surface area contributed by atoms with E-state index in [1.165, 1.54) is 0 Å². The Balaban J connectivity index is 2.08. The van der Waals surface area contributed by atoms with Crippen LogP contribution in [0.1, 0.15) is 19.8 Å². The average Bonchev–Trinajstić information content (AvgIpc) is 2.60. The van der Waals surface area contributed by atoms with Gasteiger partial charge in [0.05, 0.1) is 6.54 Å².